The van der Waals surface area contributed by atoms with Crippen molar-refractivity contribution in [2.75, 3.05) is 29.4 Å². The maximum Gasteiger partial charge on any atom is 0.227 e. The molecule has 0 spiro atoms. The van der Waals surface area contributed by atoms with E-state index in [1.807, 2.05) is 30.5 Å². The van der Waals surface area contributed by atoms with E-state index in [4.69, 9.17) is 16.6 Å². The summed E-state index contributed by atoms with van der Waals surface area (Å²) in [5.41, 5.74) is 3.68. The highest BCUT2D eigenvalue weighted by Crippen LogP contribution is 2.31. The second kappa shape index (κ2) is 6.14. The van der Waals surface area contributed by atoms with Crippen molar-refractivity contribution in [3.05, 3.63) is 46.7 Å². The summed E-state index contributed by atoms with van der Waals surface area (Å²) in [5, 5.41) is 11.7. The average Bonchev–Trinajstić information content (AvgIpc) is 3.25. The maximum atomic E-state index is 9.78. The second-order valence-corrected chi connectivity index (χ2v) is 7.48. The molecule has 0 amide bonds. The first-order valence-electron chi connectivity index (χ1n) is 8.97. The van der Waals surface area contributed by atoms with Gasteiger partial charge in [-0.1, -0.05) is 11.6 Å². The van der Waals surface area contributed by atoms with Crippen molar-refractivity contribution in [3.63, 3.8) is 0 Å². The molecule has 4 heterocycles. The van der Waals surface area contributed by atoms with Gasteiger partial charge in [-0.3, -0.25) is 0 Å². The second-order valence-electron chi connectivity index (χ2n) is 7.05. The van der Waals surface area contributed by atoms with Gasteiger partial charge in [0, 0.05) is 66.0 Å². The van der Waals surface area contributed by atoms with E-state index < -0.39 is 0 Å². The number of nitrogens with zero attached hydrogens (tertiary/aromatic N) is 4. The summed E-state index contributed by atoms with van der Waals surface area (Å²) < 4.78 is 0. The molecule has 5 rings (SSSR count). The Morgan fingerprint density at radius 2 is 2.12 bits per heavy atom. The van der Waals surface area contributed by atoms with E-state index in [9.17, 15) is 5.11 Å². The molecule has 2 N–H and O–H groups in total. The fourth-order valence-corrected chi connectivity index (χ4v) is 4.15. The zero-order valence-electron chi connectivity index (χ0n) is 14.3. The SMILES string of the molecule is O[C@@H]1CCN(c2ccnc(N3CCc4[nH]c5ccc(Cl)cc5c4C3)n2)C1. The van der Waals surface area contributed by atoms with Crippen molar-refractivity contribution in [1.29, 1.82) is 0 Å². The van der Waals surface area contributed by atoms with E-state index in [2.05, 4.69) is 19.8 Å². The largest absolute Gasteiger partial charge is 0.391 e. The molecular weight excluding hydrogens is 350 g/mol. The lowest BCUT2D eigenvalue weighted by Gasteiger charge is -2.28. The molecule has 0 aliphatic carbocycles. The zero-order chi connectivity index (χ0) is 17.7. The van der Waals surface area contributed by atoms with Crippen LogP contribution in [0.3, 0.4) is 0 Å². The van der Waals surface area contributed by atoms with Crippen LogP contribution in [-0.4, -0.2) is 45.8 Å². The standard InChI is InChI=1S/C19H20ClN5O/c20-12-1-2-16-14(9-12)15-11-25(8-5-17(15)22-16)19-21-6-3-18(23-19)24-7-4-13(26)10-24/h1-3,6,9,13,22,26H,4-5,7-8,10-11H2/t13-/m1/s1. The maximum absolute atomic E-state index is 9.78. The van der Waals surface area contributed by atoms with Crippen LogP contribution in [-0.2, 0) is 13.0 Å². The Bertz CT molecular complexity index is 972. The molecule has 7 heteroatoms. The molecule has 6 nitrogen and oxygen atoms in total. The fraction of sp³-hybridized carbons (Fsp3) is 0.368. The summed E-state index contributed by atoms with van der Waals surface area (Å²) >= 11 is 6.20. The molecule has 1 saturated heterocycles. The predicted molar refractivity (Wildman–Crippen MR) is 103 cm³/mol. The molecule has 1 atom stereocenters. The van der Waals surface area contributed by atoms with Crippen LogP contribution in [0.1, 0.15) is 17.7 Å². The number of aliphatic hydroxyl groups is 1. The first-order valence-corrected chi connectivity index (χ1v) is 9.35. The molecule has 0 bridgehead atoms. The van der Waals surface area contributed by atoms with Gasteiger partial charge >= 0.3 is 0 Å². The van der Waals surface area contributed by atoms with Crippen LogP contribution in [0.2, 0.25) is 5.02 Å². The number of halogens is 1. The fourth-order valence-electron chi connectivity index (χ4n) is 3.97. The number of rotatable bonds is 2. The van der Waals surface area contributed by atoms with Gasteiger partial charge in [0.25, 0.3) is 0 Å². The molecular formula is C19H20ClN5O. The van der Waals surface area contributed by atoms with Crippen LogP contribution in [0.5, 0.6) is 0 Å². The third kappa shape index (κ3) is 2.70. The van der Waals surface area contributed by atoms with Gasteiger partial charge in [-0.2, -0.15) is 4.98 Å². The normalized spacial score (nSPS) is 20.0. The number of hydrogen-bond donors (Lipinski definition) is 2. The lowest BCUT2D eigenvalue weighted by Crippen LogP contribution is -2.32. The number of aromatic amines is 1. The van der Waals surface area contributed by atoms with E-state index in [-0.39, 0.29) is 6.10 Å². The van der Waals surface area contributed by atoms with Crippen LogP contribution in [0.15, 0.2) is 30.5 Å². The van der Waals surface area contributed by atoms with Gasteiger partial charge in [-0.15, -0.1) is 0 Å². The Kier molecular flexibility index (Phi) is 3.76. The van der Waals surface area contributed by atoms with E-state index in [0.29, 0.717) is 6.54 Å². The lowest BCUT2D eigenvalue weighted by atomic mass is 10.0. The monoisotopic (exact) mass is 369 g/mol. The number of aliphatic hydroxyl groups excluding tert-OH is 1. The molecule has 0 radical (unpaired) electrons. The molecule has 0 unspecified atom stereocenters. The Morgan fingerprint density at radius 3 is 2.96 bits per heavy atom. The summed E-state index contributed by atoms with van der Waals surface area (Å²) in [7, 11) is 0. The van der Waals surface area contributed by atoms with E-state index in [1.165, 1.54) is 16.6 Å². The minimum absolute atomic E-state index is 0.262. The van der Waals surface area contributed by atoms with Crippen LogP contribution in [0.25, 0.3) is 10.9 Å². The molecule has 2 aliphatic rings. The number of hydrogen-bond acceptors (Lipinski definition) is 5. The first kappa shape index (κ1) is 15.9. The van der Waals surface area contributed by atoms with Crippen molar-refractivity contribution in [1.82, 2.24) is 15.0 Å². The topological polar surface area (TPSA) is 68.3 Å². The third-order valence-corrected chi connectivity index (χ3v) is 5.57. The number of anilines is 2. The Balaban J connectivity index is 1.46. The minimum Gasteiger partial charge on any atom is -0.391 e. The van der Waals surface area contributed by atoms with Gasteiger partial charge in [0.05, 0.1) is 6.10 Å². The quantitative estimate of drug-likeness (QED) is 0.727. The lowest BCUT2D eigenvalue weighted by molar-refractivity contribution is 0.198. The Hall–Kier alpha value is -2.31. The van der Waals surface area contributed by atoms with Gasteiger partial charge in [-0.05, 0) is 30.7 Å². The van der Waals surface area contributed by atoms with Crippen LogP contribution >= 0.6 is 11.6 Å². The highest BCUT2D eigenvalue weighted by atomic mass is 35.5. The van der Waals surface area contributed by atoms with E-state index in [1.54, 1.807) is 0 Å². The molecule has 2 aliphatic heterocycles. The summed E-state index contributed by atoms with van der Waals surface area (Å²) in [4.78, 5) is 17.1. The Morgan fingerprint density at radius 1 is 1.19 bits per heavy atom. The minimum atomic E-state index is -0.262. The van der Waals surface area contributed by atoms with Gasteiger partial charge < -0.3 is 19.9 Å². The third-order valence-electron chi connectivity index (χ3n) is 5.34. The number of β-amino-alcohol motifs (C(OH)–C–C–N with tert-alkyl or cyclic N) is 1. The highest BCUT2D eigenvalue weighted by Gasteiger charge is 2.25. The Labute approximate surface area is 156 Å². The summed E-state index contributed by atoms with van der Waals surface area (Å²) in [5.74, 6) is 1.63. The summed E-state index contributed by atoms with van der Waals surface area (Å²) in [6.45, 7) is 3.12. The molecule has 2 aromatic heterocycles. The molecule has 1 fully saturated rings. The number of nitrogens with one attached hydrogen (secondary N) is 1. The smallest absolute Gasteiger partial charge is 0.227 e. The van der Waals surface area contributed by atoms with Gasteiger partial charge in [0.1, 0.15) is 5.82 Å². The van der Waals surface area contributed by atoms with Crippen molar-refractivity contribution in [2.24, 2.45) is 0 Å². The van der Waals surface area contributed by atoms with Gasteiger partial charge in [0.15, 0.2) is 0 Å². The van der Waals surface area contributed by atoms with Crippen molar-refractivity contribution >= 4 is 34.3 Å². The predicted octanol–water partition coefficient (Wildman–Crippen LogP) is 2.75. The van der Waals surface area contributed by atoms with Crippen LogP contribution in [0, 0.1) is 0 Å². The molecule has 0 saturated carbocycles. The molecule has 26 heavy (non-hydrogen) atoms. The summed E-state index contributed by atoms with van der Waals surface area (Å²) in [6.07, 6.45) is 3.27. The number of aromatic nitrogens is 3. The average molecular weight is 370 g/mol. The summed E-state index contributed by atoms with van der Waals surface area (Å²) in [6, 6.07) is 7.90. The van der Waals surface area contributed by atoms with E-state index in [0.717, 1.165) is 54.8 Å². The molecule has 3 aromatic rings. The first-order chi connectivity index (χ1) is 12.7. The van der Waals surface area contributed by atoms with Crippen LogP contribution < -0.4 is 9.80 Å². The van der Waals surface area contributed by atoms with Gasteiger partial charge in [-0.25, -0.2) is 4.98 Å². The molecule has 134 valence electrons. The highest BCUT2D eigenvalue weighted by molar-refractivity contribution is 6.31. The molecule has 1 aromatic carbocycles. The van der Waals surface area contributed by atoms with Crippen molar-refractivity contribution < 1.29 is 5.11 Å². The van der Waals surface area contributed by atoms with Gasteiger partial charge in [0.2, 0.25) is 5.95 Å². The zero-order valence-corrected chi connectivity index (χ0v) is 15.1. The van der Waals surface area contributed by atoms with E-state index >= 15 is 0 Å². The number of benzene rings is 1. The number of fused-ring (bicyclic) bond motifs is 3. The van der Waals surface area contributed by atoms with Crippen LogP contribution in [0.4, 0.5) is 11.8 Å². The number of H-pyrrole nitrogens is 1. The van der Waals surface area contributed by atoms with Crippen molar-refractivity contribution in [2.45, 2.75) is 25.5 Å². The van der Waals surface area contributed by atoms with Crippen molar-refractivity contribution in [3.8, 4) is 0 Å².